The quantitative estimate of drug-likeness (QED) is 0.696. The van der Waals surface area contributed by atoms with Crippen LogP contribution in [-0.2, 0) is 24.3 Å². The average Bonchev–Trinajstić information content (AvgIpc) is 3.34. The molecule has 3 fully saturated rings. The van der Waals surface area contributed by atoms with Gasteiger partial charge in [0.2, 0.25) is 15.9 Å². The van der Waals surface area contributed by atoms with Crippen molar-refractivity contribution in [2.45, 2.75) is 36.9 Å². The number of nitrogens with zero attached hydrogens (tertiary/aromatic N) is 2. The molecule has 0 N–H and O–H groups in total. The number of ether oxygens (including phenoxy) is 3. The number of benzene rings is 1. The van der Waals surface area contributed by atoms with Crippen LogP contribution in [0.4, 0.5) is 0 Å². The standard InChI is InChI=1S/C21H30N2O6S/c1-27-18-4-6-19(7-5-18)30(25,26)23-10-2-3-17(15-23)20(24)22-11-8-16(9-12-22)21-28-13-14-29-21/h4-7,16-17,21H,2-3,8-15H2,1H3. The van der Waals surface area contributed by atoms with Crippen LogP contribution >= 0.6 is 0 Å². The van der Waals surface area contributed by atoms with E-state index in [0.29, 0.717) is 50.9 Å². The Morgan fingerprint density at radius 2 is 1.70 bits per heavy atom. The Morgan fingerprint density at radius 1 is 1.03 bits per heavy atom. The molecule has 1 aromatic carbocycles. The van der Waals surface area contributed by atoms with Crippen molar-refractivity contribution in [3.05, 3.63) is 24.3 Å². The summed E-state index contributed by atoms with van der Waals surface area (Å²) in [5, 5.41) is 0. The SMILES string of the molecule is COc1ccc(S(=O)(=O)N2CCCC(C(=O)N3CCC(C4OCCO4)CC3)C2)cc1. The first-order valence-electron chi connectivity index (χ1n) is 10.7. The van der Waals surface area contributed by atoms with Gasteiger partial charge in [-0.25, -0.2) is 8.42 Å². The number of methoxy groups -OCH3 is 1. The molecule has 4 rings (SSSR count). The molecule has 1 unspecified atom stereocenters. The topological polar surface area (TPSA) is 85.4 Å². The zero-order chi connectivity index (χ0) is 21.1. The molecule has 0 aromatic heterocycles. The predicted molar refractivity (Wildman–Crippen MR) is 109 cm³/mol. The Labute approximate surface area is 178 Å². The van der Waals surface area contributed by atoms with Crippen molar-refractivity contribution in [1.29, 1.82) is 0 Å². The first-order valence-corrected chi connectivity index (χ1v) is 12.1. The molecule has 0 bridgehead atoms. The lowest BCUT2D eigenvalue weighted by Crippen LogP contribution is -2.49. The van der Waals surface area contributed by atoms with Crippen molar-refractivity contribution in [3.63, 3.8) is 0 Å². The summed E-state index contributed by atoms with van der Waals surface area (Å²) in [6.07, 6.45) is 2.99. The summed E-state index contributed by atoms with van der Waals surface area (Å²) in [5.74, 6) is 0.714. The fourth-order valence-electron chi connectivity index (χ4n) is 4.56. The van der Waals surface area contributed by atoms with E-state index in [0.717, 1.165) is 19.3 Å². The molecule has 8 nitrogen and oxygen atoms in total. The number of piperidine rings is 2. The lowest BCUT2D eigenvalue weighted by Gasteiger charge is -2.38. The van der Waals surface area contributed by atoms with Gasteiger partial charge in [0.05, 0.1) is 31.1 Å². The number of amides is 1. The predicted octanol–water partition coefficient (Wildman–Crippen LogP) is 1.71. The lowest BCUT2D eigenvalue weighted by molar-refractivity contribution is -0.142. The van der Waals surface area contributed by atoms with Crippen molar-refractivity contribution in [1.82, 2.24) is 9.21 Å². The highest BCUT2D eigenvalue weighted by molar-refractivity contribution is 7.89. The van der Waals surface area contributed by atoms with Crippen molar-refractivity contribution in [2.75, 3.05) is 46.5 Å². The highest BCUT2D eigenvalue weighted by atomic mass is 32.2. The van der Waals surface area contributed by atoms with Crippen LogP contribution < -0.4 is 4.74 Å². The number of sulfonamides is 1. The number of carbonyl (C=O) groups is 1. The zero-order valence-corrected chi connectivity index (χ0v) is 18.2. The molecule has 0 saturated carbocycles. The highest BCUT2D eigenvalue weighted by Crippen LogP contribution is 2.29. The van der Waals surface area contributed by atoms with Gasteiger partial charge < -0.3 is 19.1 Å². The smallest absolute Gasteiger partial charge is 0.243 e. The average molecular weight is 439 g/mol. The zero-order valence-electron chi connectivity index (χ0n) is 17.4. The van der Waals surface area contributed by atoms with E-state index in [1.54, 1.807) is 31.4 Å². The summed E-state index contributed by atoms with van der Waals surface area (Å²) in [6.45, 7) is 3.32. The van der Waals surface area contributed by atoms with Crippen LogP contribution in [0.25, 0.3) is 0 Å². The molecule has 1 aromatic rings. The molecular formula is C21H30N2O6S. The molecule has 3 saturated heterocycles. The van der Waals surface area contributed by atoms with E-state index in [-0.39, 0.29) is 29.6 Å². The Balaban J connectivity index is 1.36. The molecule has 30 heavy (non-hydrogen) atoms. The Bertz CT molecular complexity index is 830. The molecular weight excluding hydrogens is 408 g/mol. The lowest BCUT2D eigenvalue weighted by atomic mass is 9.93. The van der Waals surface area contributed by atoms with Crippen molar-refractivity contribution < 1.29 is 27.4 Å². The molecule has 166 valence electrons. The van der Waals surface area contributed by atoms with Crippen LogP contribution in [0.3, 0.4) is 0 Å². The van der Waals surface area contributed by atoms with Crippen LogP contribution in [0.5, 0.6) is 5.75 Å². The van der Waals surface area contributed by atoms with Crippen LogP contribution in [0.2, 0.25) is 0 Å². The van der Waals surface area contributed by atoms with Gasteiger partial charge in [-0.3, -0.25) is 4.79 Å². The van der Waals surface area contributed by atoms with Crippen LogP contribution in [0.1, 0.15) is 25.7 Å². The van der Waals surface area contributed by atoms with Gasteiger partial charge in [-0.1, -0.05) is 0 Å². The molecule has 1 amide bonds. The van der Waals surface area contributed by atoms with Gasteiger partial charge in [-0.2, -0.15) is 4.31 Å². The van der Waals surface area contributed by atoms with E-state index in [1.165, 1.54) is 4.31 Å². The number of rotatable bonds is 5. The number of likely N-dealkylation sites (tertiary alicyclic amines) is 1. The summed E-state index contributed by atoms with van der Waals surface area (Å²) < 4.78 is 43.9. The first-order chi connectivity index (χ1) is 14.5. The van der Waals surface area contributed by atoms with E-state index in [1.807, 2.05) is 4.90 Å². The van der Waals surface area contributed by atoms with Crippen LogP contribution in [-0.4, -0.2) is 76.3 Å². The third-order valence-electron chi connectivity index (χ3n) is 6.31. The van der Waals surface area contributed by atoms with E-state index in [9.17, 15) is 13.2 Å². The van der Waals surface area contributed by atoms with E-state index >= 15 is 0 Å². The third-order valence-corrected chi connectivity index (χ3v) is 8.19. The Morgan fingerprint density at radius 3 is 2.33 bits per heavy atom. The first kappa shape index (κ1) is 21.5. The second-order valence-electron chi connectivity index (χ2n) is 8.15. The minimum absolute atomic E-state index is 0.0661. The van der Waals surface area contributed by atoms with E-state index in [2.05, 4.69) is 0 Å². The van der Waals surface area contributed by atoms with Gasteiger partial charge in [0.25, 0.3) is 0 Å². The van der Waals surface area contributed by atoms with Crippen molar-refractivity contribution in [3.8, 4) is 5.75 Å². The monoisotopic (exact) mass is 438 g/mol. The van der Waals surface area contributed by atoms with Gasteiger partial charge >= 0.3 is 0 Å². The van der Waals surface area contributed by atoms with E-state index in [4.69, 9.17) is 14.2 Å². The molecule has 9 heteroatoms. The van der Waals surface area contributed by atoms with Gasteiger partial charge in [0.15, 0.2) is 6.29 Å². The van der Waals surface area contributed by atoms with Gasteiger partial charge in [0, 0.05) is 32.1 Å². The fourth-order valence-corrected chi connectivity index (χ4v) is 6.08. The van der Waals surface area contributed by atoms with Crippen LogP contribution in [0, 0.1) is 11.8 Å². The molecule has 0 aliphatic carbocycles. The molecule has 1 atom stereocenters. The number of carbonyl (C=O) groups excluding carboxylic acids is 1. The Kier molecular flexibility index (Phi) is 6.62. The second kappa shape index (κ2) is 9.21. The van der Waals surface area contributed by atoms with Gasteiger partial charge in [0.1, 0.15) is 5.75 Å². The molecule has 3 aliphatic rings. The number of hydrogen-bond acceptors (Lipinski definition) is 6. The largest absolute Gasteiger partial charge is 0.497 e. The van der Waals surface area contributed by atoms with E-state index < -0.39 is 10.0 Å². The van der Waals surface area contributed by atoms with Crippen molar-refractivity contribution in [2.24, 2.45) is 11.8 Å². The minimum atomic E-state index is -3.63. The van der Waals surface area contributed by atoms with Crippen molar-refractivity contribution >= 4 is 15.9 Å². The molecule has 0 spiro atoms. The van der Waals surface area contributed by atoms with Gasteiger partial charge in [-0.15, -0.1) is 0 Å². The summed E-state index contributed by atoms with van der Waals surface area (Å²) in [5.41, 5.74) is 0. The summed E-state index contributed by atoms with van der Waals surface area (Å²) in [4.78, 5) is 15.2. The normalized spacial score (nSPS) is 24.8. The molecule has 0 radical (unpaired) electrons. The second-order valence-corrected chi connectivity index (χ2v) is 10.1. The summed E-state index contributed by atoms with van der Waals surface area (Å²) in [6, 6.07) is 6.39. The fraction of sp³-hybridized carbons (Fsp3) is 0.667. The van der Waals surface area contributed by atoms with Crippen LogP contribution in [0.15, 0.2) is 29.2 Å². The maximum absolute atomic E-state index is 13.1. The minimum Gasteiger partial charge on any atom is -0.497 e. The Hall–Kier alpha value is -1.68. The maximum atomic E-state index is 13.1. The summed E-state index contributed by atoms with van der Waals surface area (Å²) in [7, 11) is -2.09. The highest BCUT2D eigenvalue weighted by Gasteiger charge is 2.37. The van der Waals surface area contributed by atoms with Gasteiger partial charge in [-0.05, 0) is 49.9 Å². The molecule has 3 aliphatic heterocycles. The summed E-state index contributed by atoms with van der Waals surface area (Å²) >= 11 is 0. The third kappa shape index (κ3) is 4.49. The maximum Gasteiger partial charge on any atom is 0.243 e. The number of hydrogen-bond donors (Lipinski definition) is 0. The molecule has 3 heterocycles.